The Labute approximate surface area is 290 Å². The van der Waals surface area contributed by atoms with E-state index in [9.17, 15) is 0 Å². The van der Waals surface area contributed by atoms with Crippen molar-refractivity contribution in [1.82, 2.24) is 31.9 Å². The number of nitrogens with one attached hydrogen (secondary N) is 6. The second-order valence-corrected chi connectivity index (χ2v) is 17.3. The van der Waals surface area contributed by atoms with Gasteiger partial charge in [-0.05, 0) is 122 Å². The summed E-state index contributed by atoms with van der Waals surface area (Å²) in [6.45, 7) is 26.2. The molecule has 4 rings (SSSR count). The summed E-state index contributed by atoms with van der Waals surface area (Å²) in [6.07, 6.45) is 4.59. The summed E-state index contributed by atoms with van der Waals surface area (Å²) >= 11 is 4.13. The fourth-order valence-corrected chi connectivity index (χ4v) is 8.39. The molecule has 0 saturated heterocycles. The van der Waals surface area contributed by atoms with Crippen LogP contribution >= 0.6 is 23.5 Å². The molecule has 2 heterocycles. The molecule has 2 aromatic rings. The first-order valence-electron chi connectivity index (χ1n) is 18.0. The van der Waals surface area contributed by atoms with Crippen molar-refractivity contribution in [2.75, 3.05) is 63.9 Å². The highest BCUT2D eigenvalue weighted by Crippen LogP contribution is 2.37. The van der Waals surface area contributed by atoms with Gasteiger partial charge in [0.25, 0.3) is 0 Å². The summed E-state index contributed by atoms with van der Waals surface area (Å²) in [5.74, 6) is 2.18. The van der Waals surface area contributed by atoms with Crippen LogP contribution in [0.4, 0.5) is 0 Å². The zero-order valence-electron chi connectivity index (χ0n) is 29.9. The van der Waals surface area contributed by atoms with Crippen LogP contribution in [0.3, 0.4) is 0 Å². The van der Waals surface area contributed by atoms with Gasteiger partial charge in [0.1, 0.15) is 0 Å². The van der Waals surface area contributed by atoms with Gasteiger partial charge in [0, 0.05) is 47.5 Å². The SMILES string of the molecule is CC(C)(C)c1cc2c3c(c1)CNCCCNCCCNCc1cc(C(C)(C)C)cc(c1SCCS3)CNCCCNCCCNC2. The van der Waals surface area contributed by atoms with Crippen LogP contribution in [0.15, 0.2) is 34.1 Å². The van der Waals surface area contributed by atoms with Crippen molar-refractivity contribution in [3.8, 4) is 0 Å². The molecule has 0 unspecified atom stereocenters. The third-order valence-corrected chi connectivity index (χ3v) is 11.6. The largest absolute Gasteiger partial charge is 0.317 e. The fraction of sp³-hybridized carbons (Fsp3) is 0.684. The lowest BCUT2D eigenvalue weighted by atomic mass is 9.85. The summed E-state index contributed by atoms with van der Waals surface area (Å²) in [5.41, 5.74) is 8.95. The van der Waals surface area contributed by atoms with Gasteiger partial charge in [-0.2, -0.15) is 0 Å². The quantitative estimate of drug-likeness (QED) is 0.196. The summed E-state index contributed by atoms with van der Waals surface area (Å²) < 4.78 is 0. The number of benzene rings is 2. The van der Waals surface area contributed by atoms with E-state index < -0.39 is 0 Å². The van der Waals surface area contributed by atoms with Gasteiger partial charge in [-0.3, -0.25) is 0 Å². The van der Waals surface area contributed by atoms with E-state index in [0.29, 0.717) is 0 Å². The van der Waals surface area contributed by atoms with Gasteiger partial charge in [-0.1, -0.05) is 65.8 Å². The number of fused-ring (bicyclic) bond motifs is 3. The number of rotatable bonds is 0. The molecule has 2 bridgehead atoms. The van der Waals surface area contributed by atoms with Crippen LogP contribution in [0.1, 0.15) is 101 Å². The molecule has 2 aromatic carbocycles. The van der Waals surface area contributed by atoms with E-state index in [1.165, 1.54) is 43.2 Å². The molecule has 2 aliphatic heterocycles. The lowest BCUT2D eigenvalue weighted by Crippen LogP contribution is -2.26. The Morgan fingerprint density at radius 1 is 0.413 bits per heavy atom. The standard InChI is InChI=1S/C38H64N6S2/c1-37(2,3)33-21-29-25-41-15-7-11-39-13-9-17-43-27-31-23-34(38(4,5)6)24-32-28-44-18-10-14-40-12-8-16-42-26-30(22-33)35(29)45-19-20-46-36(31)32/h21-24,39-44H,7-20,25-28H2,1-6H3. The minimum Gasteiger partial charge on any atom is -0.317 e. The third-order valence-electron chi connectivity index (χ3n) is 8.88. The van der Waals surface area contributed by atoms with E-state index in [2.05, 4.69) is 121 Å². The molecular weight excluding hydrogens is 605 g/mol. The monoisotopic (exact) mass is 668 g/mol. The highest BCUT2D eigenvalue weighted by molar-refractivity contribution is 8.03. The topological polar surface area (TPSA) is 72.2 Å². The molecule has 0 saturated carbocycles. The lowest BCUT2D eigenvalue weighted by molar-refractivity contribution is 0.552. The Morgan fingerprint density at radius 3 is 0.935 bits per heavy atom. The van der Waals surface area contributed by atoms with Gasteiger partial charge in [-0.15, -0.1) is 23.5 Å². The predicted octanol–water partition coefficient (Wildman–Crippen LogP) is 6.29. The van der Waals surface area contributed by atoms with Gasteiger partial charge in [0.2, 0.25) is 0 Å². The first kappa shape index (κ1) is 37.7. The van der Waals surface area contributed by atoms with Crippen LogP contribution in [-0.4, -0.2) is 63.9 Å². The summed E-state index contributed by atoms with van der Waals surface area (Å²) in [5, 5.41) is 22.6. The molecule has 6 nitrogen and oxygen atoms in total. The van der Waals surface area contributed by atoms with Gasteiger partial charge >= 0.3 is 0 Å². The molecule has 0 aliphatic carbocycles. The van der Waals surface area contributed by atoms with Crippen molar-refractivity contribution in [2.45, 2.75) is 114 Å². The van der Waals surface area contributed by atoms with Gasteiger partial charge in [0.05, 0.1) is 0 Å². The first-order valence-corrected chi connectivity index (χ1v) is 19.9. The predicted molar refractivity (Wildman–Crippen MR) is 203 cm³/mol. The van der Waals surface area contributed by atoms with Crippen molar-refractivity contribution in [3.63, 3.8) is 0 Å². The van der Waals surface area contributed by atoms with Crippen molar-refractivity contribution in [3.05, 3.63) is 57.6 Å². The van der Waals surface area contributed by atoms with Crippen molar-refractivity contribution in [2.24, 2.45) is 0 Å². The second-order valence-electron chi connectivity index (χ2n) is 15.1. The molecule has 258 valence electrons. The molecule has 6 N–H and O–H groups in total. The highest BCUT2D eigenvalue weighted by Gasteiger charge is 2.21. The molecule has 0 spiro atoms. The number of thioether (sulfide) groups is 2. The molecule has 0 fully saturated rings. The minimum absolute atomic E-state index is 0.114. The Balaban J connectivity index is 1.70. The molecule has 46 heavy (non-hydrogen) atoms. The van der Waals surface area contributed by atoms with Crippen molar-refractivity contribution < 1.29 is 0 Å². The van der Waals surface area contributed by atoms with Crippen LogP contribution in [0, 0.1) is 0 Å². The van der Waals surface area contributed by atoms with Gasteiger partial charge in [-0.25, -0.2) is 0 Å². The van der Waals surface area contributed by atoms with Crippen molar-refractivity contribution in [1.29, 1.82) is 0 Å². The Bertz CT molecular complexity index is 1040. The van der Waals surface area contributed by atoms with Crippen LogP contribution in [-0.2, 0) is 37.0 Å². The molecule has 0 aromatic heterocycles. The average Bonchev–Trinajstić information content (AvgIpc) is 3.00. The van der Waals surface area contributed by atoms with E-state index in [4.69, 9.17) is 0 Å². The van der Waals surface area contributed by atoms with Gasteiger partial charge in [0.15, 0.2) is 0 Å². The molecule has 2 aliphatic rings. The second kappa shape index (κ2) is 19.2. The van der Waals surface area contributed by atoms with Gasteiger partial charge < -0.3 is 31.9 Å². The molecule has 0 radical (unpaired) electrons. The minimum atomic E-state index is 0.114. The summed E-state index contributed by atoms with van der Waals surface area (Å²) in [4.78, 5) is 2.96. The Hall–Kier alpha value is -1.10. The molecule has 0 atom stereocenters. The van der Waals surface area contributed by atoms with E-state index in [0.717, 1.165) is 116 Å². The smallest absolute Gasteiger partial charge is 0.0216 e. The average molecular weight is 669 g/mol. The van der Waals surface area contributed by atoms with E-state index >= 15 is 0 Å². The van der Waals surface area contributed by atoms with E-state index in [1.54, 1.807) is 0 Å². The Morgan fingerprint density at radius 2 is 0.674 bits per heavy atom. The lowest BCUT2D eigenvalue weighted by Gasteiger charge is -2.25. The maximum atomic E-state index is 3.80. The maximum Gasteiger partial charge on any atom is 0.0216 e. The number of hydrogen-bond donors (Lipinski definition) is 6. The van der Waals surface area contributed by atoms with Crippen LogP contribution in [0.2, 0.25) is 0 Å². The zero-order chi connectivity index (χ0) is 32.8. The fourth-order valence-electron chi connectivity index (χ4n) is 6.05. The van der Waals surface area contributed by atoms with Crippen molar-refractivity contribution >= 4 is 23.5 Å². The molecule has 0 amide bonds. The van der Waals surface area contributed by atoms with Crippen LogP contribution in [0.5, 0.6) is 0 Å². The maximum absolute atomic E-state index is 3.80. The molecule has 8 heteroatoms. The zero-order valence-corrected chi connectivity index (χ0v) is 31.5. The first-order chi connectivity index (χ1) is 22.1. The van der Waals surface area contributed by atoms with Crippen LogP contribution < -0.4 is 31.9 Å². The number of hydrogen-bond acceptors (Lipinski definition) is 8. The third kappa shape index (κ3) is 12.4. The summed E-state index contributed by atoms with van der Waals surface area (Å²) in [6, 6.07) is 9.96. The highest BCUT2D eigenvalue weighted by atomic mass is 32.2. The van der Waals surface area contributed by atoms with E-state index in [-0.39, 0.29) is 10.8 Å². The summed E-state index contributed by atoms with van der Waals surface area (Å²) in [7, 11) is 0. The van der Waals surface area contributed by atoms with Crippen LogP contribution in [0.25, 0.3) is 0 Å². The Kier molecular flexibility index (Phi) is 15.7. The van der Waals surface area contributed by atoms with E-state index in [1.807, 2.05) is 0 Å². The normalized spacial score (nSPS) is 19.9. The molecular formula is C38H64N6S2.